The maximum absolute atomic E-state index is 13.5. The van der Waals surface area contributed by atoms with Crippen LogP contribution in [0.25, 0.3) is 5.69 Å². The topological polar surface area (TPSA) is 75.6 Å². The molecule has 1 amide bonds. The molecule has 4 rings (SSSR count). The highest BCUT2D eigenvalue weighted by atomic mass is 19.1. The van der Waals surface area contributed by atoms with E-state index in [-0.39, 0.29) is 11.7 Å². The number of nitrogens with one attached hydrogen (secondary N) is 2. The molecule has 4 aromatic rings. The molecule has 0 aliphatic carbocycles. The smallest absolute Gasteiger partial charge is 0.251 e. The van der Waals surface area contributed by atoms with Crippen LogP contribution in [0.4, 0.5) is 4.39 Å². The number of hydrogen-bond acceptors (Lipinski definition) is 3. The second-order valence-corrected chi connectivity index (χ2v) is 6.91. The number of halogens is 1. The van der Waals surface area contributed by atoms with Gasteiger partial charge in [-0.15, -0.1) is 0 Å². The van der Waals surface area contributed by atoms with E-state index in [1.807, 2.05) is 18.3 Å². The molecule has 154 valence electrons. The zero-order valence-electron chi connectivity index (χ0n) is 16.7. The van der Waals surface area contributed by atoms with E-state index in [9.17, 15) is 9.18 Å². The number of hydrogen-bond donors (Lipinski definition) is 2. The van der Waals surface area contributed by atoms with Gasteiger partial charge in [0.25, 0.3) is 5.91 Å². The second kappa shape index (κ2) is 9.55. The number of amides is 1. The van der Waals surface area contributed by atoms with Gasteiger partial charge in [0.15, 0.2) is 0 Å². The molecule has 6 nitrogen and oxygen atoms in total. The molecule has 0 saturated heterocycles. The third-order valence-corrected chi connectivity index (χ3v) is 4.66. The van der Waals surface area contributed by atoms with Gasteiger partial charge in [-0.3, -0.25) is 9.89 Å². The Kier molecular flexibility index (Phi) is 6.19. The van der Waals surface area contributed by atoms with E-state index in [1.54, 1.807) is 47.5 Å². The third kappa shape index (κ3) is 5.25. The van der Waals surface area contributed by atoms with E-state index in [2.05, 4.69) is 32.5 Å². The third-order valence-electron chi connectivity index (χ3n) is 4.66. The number of carbonyl (C=O) groups excluding carboxylic acids is 1. The molecule has 0 spiro atoms. The van der Waals surface area contributed by atoms with Crippen LogP contribution >= 0.6 is 0 Å². The summed E-state index contributed by atoms with van der Waals surface area (Å²) < 4.78 is 15.1. The lowest BCUT2D eigenvalue weighted by molar-refractivity contribution is 0.0953. The first-order valence-corrected chi connectivity index (χ1v) is 9.86. The van der Waals surface area contributed by atoms with Gasteiger partial charge in [-0.1, -0.05) is 17.9 Å². The van der Waals surface area contributed by atoms with Crippen LogP contribution in [0.2, 0.25) is 0 Å². The van der Waals surface area contributed by atoms with E-state index >= 15 is 0 Å². The molecule has 2 aromatic heterocycles. The molecule has 2 N–H and O–H groups in total. The van der Waals surface area contributed by atoms with Crippen LogP contribution in [-0.2, 0) is 6.42 Å². The first kappa shape index (κ1) is 20.1. The summed E-state index contributed by atoms with van der Waals surface area (Å²) in [6, 6.07) is 13.2. The number of nitrogens with zero attached hydrogens (tertiary/aromatic N) is 3. The Morgan fingerprint density at radius 1 is 1.16 bits per heavy atom. The van der Waals surface area contributed by atoms with Crippen LogP contribution in [0.15, 0.2) is 73.3 Å². The Bertz CT molecular complexity index is 1220. The first-order valence-electron chi connectivity index (χ1n) is 9.86. The highest BCUT2D eigenvalue weighted by Gasteiger charge is 2.10. The highest BCUT2D eigenvalue weighted by molar-refractivity contribution is 5.95. The van der Waals surface area contributed by atoms with Crippen molar-refractivity contribution in [2.45, 2.75) is 12.8 Å². The molecule has 2 heterocycles. The predicted molar refractivity (Wildman–Crippen MR) is 115 cm³/mol. The monoisotopic (exact) mass is 413 g/mol. The normalized spacial score (nSPS) is 10.4. The van der Waals surface area contributed by atoms with Crippen molar-refractivity contribution >= 4 is 5.91 Å². The molecule has 0 aliphatic rings. The Morgan fingerprint density at radius 3 is 2.87 bits per heavy atom. The summed E-state index contributed by atoms with van der Waals surface area (Å²) in [5, 5.41) is 13.9. The lowest BCUT2D eigenvalue weighted by atomic mass is 10.1. The van der Waals surface area contributed by atoms with Crippen molar-refractivity contribution in [3.8, 4) is 17.5 Å². The fourth-order valence-corrected chi connectivity index (χ4v) is 3.11. The Morgan fingerprint density at radius 2 is 2.10 bits per heavy atom. The van der Waals surface area contributed by atoms with Gasteiger partial charge in [0.2, 0.25) is 0 Å². The Hall–Kier alpha value is -4.18. The molecule has 0 fully saturated rings. The number of benzene rings is 2. The summed E-state index contributed by atoms with van der Waals surface area (Å²) in [6.07, 6.45) is 8.74. The van der Waals surface area contributed by atoms with Crippen LogP contribution in [0, 0.1) is 17.7 Å². The molecular formula is C24H20FN5O. The molecule has 0 unspecified atom stereocenters. The van der Waals surface area contributed by atoms with Crippen LogP contribution in [0.1, 0.15) is 33.5 Å². The number of H-pyrrole nitrogens is 1. The van der Waals surface area contributed by atoms with E-state index in [0.717, 1.165) is 24.1 Å². The van der Waals surface area contributed by atoms with Gasteiger partial charge >= 0.3 is 0 Å². The molecule has 0 radical (unpaired) electrons. The van der Waals surface area contributed by atoms with E-state index in [0.29, 0.717) is 23.2 Å². The number of aromatic amines is 1. The van der Waals surface area contributed by atoms with Gasteiger partial charge in [-0.25, -0.2) is 9.07 Å². The minimum Gasteiger partial charge on any atom is -0.352 e. The molecule has 0 atom stereocenters. The lowest BCUT2D eigenvalue weighted by Crippen LogP contribution is -2.25. The average molecular weight is 413 g/mol. The molecule has 7 heteroatoms. The fraction of sp³-hybridized carbons (Fsp3) is 0.125. The fourth-order valence-electron chi connectivity index (χ4n) is 3.11. The standard InChI is InChI=1S/C24H20FN5O/c25-22-6-1-4-18(14-22)7-8-20-15-21(9-10-23(20)30-13-3-12-29-30)24(31)26-11-2-5-19-16-27-28-17-19/h1,3-4,6,9-10,12-17H,2,5,11H2,(H,26,31)(H,27,28). The van der Waals surface area contributed by atoms with Gasteiger partial charge in [0.1, 0.15) is 5.82 Å². The molecule has 0 aliphatic heterocycles. The summed E-state index contributed by atoms with van der Waals surface area (Å²) in [5.74, 6) is 5.51. The Balaban J connectivity index is 1.52. The number of rotatable bonds is 6. The summed E-state index contributed by atoms with van der Waals surface area (Å²) in [7, 11) is 0. The van der Waals surface area contributed by atoms with Crippen molar-refractivity contribution in [1.29, 1.82) is 0 Å². The van der Waals surface area contributed by atoms with E-state index in [1.165, 1.54) is 12.1 Å². The Labute approximate surface area is 179 Å². The summed E-state index contributed by atoms with van der Waals surface area (Å²) in [6.45, 7) is 0.551. The summed E-state index contributed by atoms with van der Waals surface area (Å²) in [5.41, 5.74) is 3.53. The highest BCUT2D eigenvalue weighted by Crippen LogP contribution is 2.16. The van der Waals surface area contributed by atoms with Gasteiger partial charge in [0, 0.05) is 36.3 Å². The van der Waals surface area contributed by atoms with Gasteiger partial charge in [-0.05, 0) is 60.9 Å². The zero-order chi connectivity index (χ0) is 21.5. The van der Waals surface area contributed by atoms with E-state index in [4.69, 9.17) is 0 Å². The van der Waals surface area contributed by atoms with E-state index < -0.39 is 0 Å². The minimum absolute atomic E-state index is 0.173. The van der Waals surface area contributed by atoms with Gasteiger partial charge < -0.3 is 5.32 Å². The quantitative estimate of drug-likeness (QED) is 0.375. The van der Waals surface area contributed by atoms with Gasteiger partial charge in [-0.2, -0.15) is 10.2 Å². The number of aromatic nitrogens is 4. The first-order chi connectivity index (χ1) is 15.2. The predicted octanol–water partition coefficient (Wildman–Crippen LogP) is 3.50. The summed E-state index contributed by atoms with van der Waals surface area (Å²) >= 11 is 0. The molecular weight excluding hydrogens is 393 g/mol. The molecule has 0 saturated carbocycles. The van der Waals surface area contributed by atoms with Crippen molar-refractivity contribution in [2.75, 3.05) is 6.54 Å². The largest absolute Gasteiger partial charge is 0.352 e. The maximum atomic E-state index is 13.5. The SMILES string of the molecule is O=C(NCCCc1cn[nH]c1)c1ccc(-n2cccn2)c(C#Cc2cccc(F)c2)c1. The second-order valence-electron chi connectivity index (χ2n) is 6.91. The van der Waals surface area contributed by atoms with Crippen molar-refractivity contribution in [2.24, 2.45) is 0 Å². The minimum atomic E-state index is -0.345. The number of aryl methyl sites for hydroxylation is 1. The number of carbonyl (C=O) groups is 1. The van der Waals surface area contributed by atoms with Gasteiger partial charge in [0.05, 0.1) is 17.4 Å². The molecule has 0 bridgehead atoms. The van der Waals surface area contributed by atoms with Crippen LogP contribution in [0.5, 0.6) is 0 Å². The zero-order valence-corrected chi connectivity index (χ0v) is 16.7. The van der Waals surface area contributed by atoms with Crippen molar-refractivity contribution < 1.29 is 9.18 Å². The van der Waals surface area contributed by atoms with Crippen molar-refractivity contribution in [3.05, 3.63) is 101 Å². The van der Waals surface area contributed by atoms with Crippen LogP contribution in [0.3, 0.4) is 0 Å². The van der Waals surface area contributed by atoms with Crippen LogP contribution < -0.4 is 5.32 Å². The average Bonchev–Trinajstić information content (AvgIpc) is 3.49. The van der Waals surface area contributed by atoms with Crippen molar-refractivity contribution in [3.63, 3.8) is 0 Å². The summed E-state index contributed by atoms with van der Waals surface area (Å²) in [4.78, 5) is 12.6. The molecule has 31 heavy (non-hydrogen) atoms. The maximum Gasteiger partial charge on any atom is 0.251 e. The lowest BCUT2D eigenvalue weighted by Gasteiger charge is -2.09. The van der Waals surface area contributed by atoms with Crippen LogP contribution in [-0.4, -0.2) is 32.4 Å². The van der Waals surface area contributed by atoms with Crippen molar-refractivity contribution in [1.82, 2.24) is 25.3 Å². The molecule has 2 aromatic carbocycles.